The van der Waals surface area contributed by atoms with Crippen molar-refractivity contribution in [3.05, 3.63) is 0 Å². The van der Waals surface area contributed by atoms with Gasteiger partial charge in [0.25, 0.3) is 0 Å². The van der Waals surface area contributed by atoms with Crippen LogP contribution >= 0.6 is 0 Å². The Balaban J connectivity index is 2.49. The number of nitrogens with zero attached hydrogens (tertiary/aromatic N) is 2. The Morgan fingerprint density at radius 2 is 2.06 bits per heavy atom. The van der Waals surface area contributed by atoms with Crippen LogP contribution in [0.2, 0.25) is 0 Å². The number of nitriles is 1. The van der Waals surface area contributed by atoms with Crippen LogP contribution in [0.3, 0.4) is 0 Å². The van der Waals surface area contributed by atoms with Crippen molar-refractivity contribution in [3.63, 3.8) is 0 Å². The predicted molar refractivity (Wildman–Crippen MR) is 64.5 cm³/mol. The van der Waals surface area contributed by atoms with Crippen LogP contribution in [-0.4, -0.2) is 48.6 Å². The monoisotopic (exact) mass is 253 g/mol. The molecule has 1 amide bonds. The molecule has 1 aliphatic rings. The van der Waals surface area contributed by atoms with Gasteiger partial charge >= 0.3 is 5.97 Å². The molecule has 0 unspecified atom stereocenters. The molecule has 1 heterocycles. The van der Waals surface area contributed by atoms with Crippen LogP contribution in [-0.2, 0) is 14.3 Å². The summed E-state index contributed by atoms with van der Waals surface area (Å²) in [5.41, 5.74) is -0.724. The summed E-state index contributed by atoms with van der Waals surface area (Å²) in [5.74, 6) is -0.340. The molecule has 1 fully saturated rings. The standard InChI is InChI=1S/C12H19N3O3/c1-3-18-11(17)8-14-12(9-13)4-6-15(7-5-12)10(2)16/h14H,3-8H2,1-2H3. The van der Waals surface area contributed by atoms with E-state index in [0.717, 1.165) is 0 Å². The largest absolute Gasteiger partial charge is 0.465 e. The number of ether oxygens (including phenoxy) is 1. The SMILES string of the molecule is CCOC(=O)CNC1(C#N)CCN(C(C)=O)CC1. The van der Waals surface area contributed by atoms with Gasteiger partial charge in [-0.15, -0.1) is 0 Å². The average Bonchev–Trinajstić information content (AvgIpc) is 2.37. The predicted octanol–water partition coefficient (Wildman–Crippen LogP) is 0.0438. The van der Waals surface area contributed by atoms with E-state index >= 15 is 0 Å². The molecule has 1 N–H and O–H groups in total. The molecule has 0 aliphatic carbocycles. The number of carbonyl (C=O) groups excluding carboxylic acids is 2. The van der Waals surface area contributed by atoms with Crippen molar-refractivity contribution >= 4 is 11.9 Å². The molecule has 0 aromatic rings. The van der Waals surface area contributed by atoms with E-state index in [4.69, 9.17) is 4.74 Å². The summed E-state index contributed by atoms with van der Waals surface area (Å²) in [6, 6.07) is 2.22. The lowest BCUT2D eigenvalue weighted by Crippen LogP contribution is -2.54. The van der Waals surface area contributed by atoms with E-state index in [0.29, 0.717) is 32.5 Å². The summed E-state index contributed by atoms with van der Waals surface area (Å²) in [6.07, 6.45) is 1.06. The summed E-state index contributed by atoms with van der Waals surface area (Å²) in [4.78, 5) is 24.2. The summed E-state index contributed by atoms with van der Waals surface area (Å²) >= 11 is 0. The first kappa shape index (κ1) is 14.5. The number of amides is 1. The fourth-order valence-corrected chi connectivity index (χ4v) is 1.98. The number of hydrogen-bond acceptors (Lipinski definition) is 5. The van der Waals surface area contributed by atoms with Crippen molar-refractivity contribution < 1.29 is 14.3 Å². The van der Waals surface area contributed by atoms with Crippen molar-refractivity contribution in [1.29, 1.82) is 5.26 Å². The maximum atomic E-state index is 11.3. The van der Waals surface area contributed by atoms with Gasteiger partial charge in [0.15, 0.2) is 0 Å². The van der Waals surface area contributed by atoms with E-state index in [-0.39, 0.29) is 18.4 Å². The third kappa shape index (κ3) is 3.70. The maximum Gasteiger partial charge on any atom is 0.319 e. The van der Waals surface area contributed by atoms with E-state index < -0.39 is 5.54 Å². The molecule has 0 bridgehead atoms. The molecule has 1 aliphatic heterocycles. The van der Waals surface area contributed by atoms with Gasteiger partial charge < -0.3 is 9.64 Å². The van der Waals surface area contributed by atoms with Crippen molar-refractivity contribution in [3.8, 4) is 6.07 Å². The minimum absolute atomic E-state index is 0.0203. The number of piperidine rings is 1. The molecular weight excluding hydrogens is 234 g/mol. The average molecular weight is 253 g/mol. The van der Waals surface area contributed by atoms with E-state index in [1.165, 1.54) is 6.92 Å². The number of likely N-dealkylation sites (tertiary alicyclic amines) is 1. The van der Waals surface area contributed by atoms with Crippen LogP contribution in [0.25, 0.3) is 0 Å². The number of esters is 1. The summed E-state index contributed by atoms with van der Waals surface area (Å²) in [7, 11) is 0. The molecule has 6 nitrogen and oxygen atoms in total. The third-order valence-electron chi connectivity index (χ3n) is 3.15. The highest BCUT2D eigenvalue weighted by atomic mass is 16.5. The molecule has 0 aromatic heterocycles. The molecule has 0 spiro atoms. The lowest BCUT2D eigenvalue weighted by molar-refractivity contribution is -0.142. The van der Waals surface area contributed by atoms with Gasteiger partial charge in [-0.05, 0) is 19.8 Å². The molecule has 0 atom stereocenters. The molecule has 1 saturated heterocycles. The quantitative estimate of drug-likeness (QED) is 0.715. The zero-order chi connectivity index (χ0) is 13.6. The Bertz CT molecular complexity index is 354. The van der Waals surface area contributed by atoms with Gasteiger partial charge in [0.05, 0.1) is 19.2 Å². The number of hydrogen-bond donors (Lipinski definition) is 1. The molecule has 100 valence electrons. The van der Waals surface area contributed by atoms with Crippen molar-refractivity contribution in [2.75, 3.05) is 26.2 Å². The highest BCUT2D eigenvalue weighted by Gasteiger charge is 2.35. The molecule has 1 rings (SSSR count). The smallest absolute Gasteiger partial charge is 0.319 e. The van der Waals surface area contributed by atoms with Crippen molar-refractivity contribution in [2.45, 2.75) is 32.2 Å². The van der Waals surface area contributed by atoms with Gasteiger partial charge in [-0.2, -0.15) is 5.26 Å². The van der Waals surface area contributed by atoms with Crippen LogP contribution in [0.5, 0.6) is 0 Å². The number of carbonyl (C=O) groups is 2. The van der Waals surface area contributed by atoms with Crippen LogP contribution in [0.15, 0.2) is 0 Å². The van der Waals surface area contributed by atoms with Gasteiger partial charge in [-0.25, -0.2) is 0 Å². The highest BCUT2D eigenvalue weighted by Crippen LogP contribution is 2.21. The Kier molecular flexibility index (Phi) is 5.10. The van der Waals surface area contributed by atoms with Gasteiger partial charge in [0.2, 0.25) is 5.91 Å². The minimum Gasteiger partial charge on any atom is -0.465 e. The summed E-state index contributed by atoms with van der Waals surface area (Å²) in [5, 5.41) is 12.2. The van der Waals surface area contributed by atoms with E-state index in [2.05, 4.69) is 11.4 Å². The lowest BCUT2D eigenvalue weighted by atomic mass is 9.89. The van der Waals surface area contributed by atoms with Crippen molar-refractivity contribution in [1.82, 2.24) is 10.2 Å². The molecule has 18 heavy (non-hydrogen) atoms. The first-order valence-corrected chi connectivity index (χ1v) is 6.10. The number of rotatable bonds is 4. The Hall–Kier alpha value is -1.61. The fraction of sp³-hybridized carbons (Fsp3) is 0.750. The topological polar surface area (TPSA) is 82.4 Å². The second-order valence-electron chi connectivity index (χ2n) is 4.36. The normalized spacial score (nSPS) is 17.9. The van der Waals surface area contributed by atoms with Gasteiger partial charge in [-0.3, -0.25) is 14.9 Å². The third-order valence-corrected chi connectivity index (χ3v) is 3.15. The van der Waals surface area contributed by atoms with Crippen LogP contribution in [0.1, 0.15) is 26.7 Å². The maximum absolute atomic E-state index is 11.3. The van der Waals surface area contributed by atoms with Gasteiger partial charge in [0, 0.05) is 20.0 Å². The first-order valence-electron chi connectivity index (χ1n) is 6.10. The molecule has 0 aromatic carbocycles. The van der Waals surface area contributed by atoms with E-state index in [1.807, 2.05) is 0 Å². The molecule has 0 saturated carbocycles. The van der Waals surface area contributed by atoms with Crippen molar-refractivity contribution in [2.24, 2.45) is 0 Å². The summed E-state index contributed by atoms with van der Waals surface area (Å²) < 4.78 is 4.81. The van der Waals surface area contributed by atoms with Crippen LogP contribution in [0, 0.1) is 11.3 Å². The highest BCUT2D eigenvalue weighted by molar-refractivity contribution is 5.73. The summed E-state index contributed by atoms with van der Waals surface area (Å²) in [6.45, 7) is 4.70. The van der Waals surface area contributed by atoms with E-state index in [1.54, 1.807) is 11.8 Å². The second-order valence-corrected chi connectivity index (χ2v) is 4.36. The first-order chi connectivity index (χ1) is 8.53. The molecular formula is C12H19N3O3. The molecule has 0 radical (unpaired) electrons. The Morgan fingerprint density at radius 1 is 1.44 bits per heavy atom. The van der Waals surface area contributed by atoms with Crippen LogP contribution < -0.4 is 5.32 Å². The zero-order valence-electron chi connectivity index (χ0n) is 10.9. The minimum atomic E-state index is -0.724. The van der Waals surface area contributed by atoms with Crippen LogP contribution in [0.4, 0.5) is 0 Å². The zero-order valence-corrected chi connectivity index (χ0v) is 10.9. The molecule has 6 heteroatoms. The Labute approximate surface area is 107 Å². The number of nitrogens with one attached hydrogen (secondary N) is 1. The van der Waals surface area contributed by atoms with Gasteiger partial charge in [-0.1, -0.05) is 0 Å². The van der Waals surface area contributed by atoms with Gasteiger partial charge in [0.1, 0.15) is 5.54 Å². The van der Waals surface area contributed by atoms with E-state index in [9.17, 15) is 14.9 Å². The second kappa shape index (κ2) is 6.36. The Morgan fingerprint density at radius 3 is 2.50 bits per heavy atom. The lowest BCUT2D eigenvalue weighted by Gasteiger charge is -2.37. The fourth-order valence-electron chi connectivity index (χ4n) is 1.98.